The Bertz CT molecular complexity index is 1850. The fraction of sp³-hybridized carbons (Fsp3) is 0.378. The minimum atomic E-state index is -0.498. The van der Waals surface area contributed by atoms with Crippen molar-refractivity contribution >= 4 is 72.1 Å². The number of hydrogen-bond acceptors (Lipinski definition) is 6. The number of carbonyl (C=O) groups excluding carboxylic acids is 3. The van der Waals surface area contributed by atoms with Crippen LogP contribution in [0.4, 0.5) is 21.0 Å². The van der Waals surface area contributed by atoms with Crippen LogP contribution in [0.5, 0.6) is 0 Å². The molecule has 1 saturated heterocycles. The summed E-state index contributed by atoms with van der Waals surface area (Å²) in [4.78, 5) is 54.0. The Hall–Kier alpha value is -3.94. The van der Waals surface area contributed by atoms with Gasteiger partial charge in [0.2, 0.25) is 0 Å². The lowest BCUT2D eigenvalue weighted by molar-refractivity contribution is 0.102. The summed E-state index contributed by atoms with van der Waals surface area (Å²) in [7, 11) is 4.04. The van der Waals surface area contributed by atoms with E-state index < -0.39 is 6.04 Å². The molecule has 0 saturated carbocycles. The number of rotatable bonds is 11. The summed E-state index contributed by atoms with van der Waals surface area (Å²) >= 11 is 7.10. The van der Waals surface area contributed by atoms with Crippen molar-refractivity contribution < 1.29 is 14.4 Å². The third kappa shape index (κ3) is 8.50. The number of anilines is 2. The molecule has 5 N–H and O–H groups in total. The molecule has 3 aromatic carbocycles. The predicted octanol–water partition coefficient (Wildman–Crippen LogP) is 6.95. The second-order valence-corrected chi connectivity index (χ2v) is 15.0. The first kappa shape index (κ1) is 35.9. The molecule has 2 aliphatic heterocycles. The second-order valence-electron chi connectivity index (χ2n) is 13.3. The number of nitrogens with zero attached hydrogens (tertiary/aromatic N) is 4. The fourth-order valence-corrected chi connectivity index (χ4v) is 7.95. The number of Topliss-reactive ketones (excluding diaryl/α,β-unsaturated/α-hetero) is 1. The van der Waals surface area contributed by atoms with Gasteiger partial charge in [0.1, 0.15) is 5.82 Å². The molecule has 263 valence electrons. The number of H-pyrrole nitrogens is 1. The van der Waals surface area contributed by atoms with Gasteiger partial charge in [-0.1, -0.05) is 18.2 Å². The zero-order valence-corrected chi connectivity index (χ0v) is 31.5. The van der Waals surface area contributed by atoms with Crippen molar-refractivity contribution in [2.24, 2.45) is 0 Å². The average Bonchev–Trinajstić information content (AvgIpc) is 3.45. The number of aromatic amines is 1. The number of nitrogens with one attached hydrogen (secondary N) is 3. The van der Waals surface area contributed by atoms with Gasteiger partial charge in [0.15, 0.2) is 5.78 Å². The number of carbonyl (C=O) groups is 3. The Kier molecular flexibility index (Phi) is 11.4. The fourth-order valence-electron chi connectivity index (χ4n) is 6.67. The Morgan fingerprint density at radius 1 is 1.08 bits per heavy atom. The summed E-state index contributed by atoms with van der Waals surface area (Å²) in [5.41, 5.74) is 11.7. The third-order valence-electron chi connectivity index (χ3n) is 9.46. The lowest BCUT2D eigenvalue weighted by Gasteiger charge is -2.38. The quantitative estimate of drug-likeness (QED) is 0.0736. The molecule has 1 atom stereocenters. The minimum Gasteiger partial charge on any atom is -0.397 e. The number of aromatic nitrogens is 2. The zero-order chi connectivity index (χ0) is 35.4. The van der Waals surface area contributed by atoms with Crippen molar-refractivity contribution in [3.63, 3.8) is 0 Å². The molecule has 1 radical (unpaired) electrons. The molecule has 11 nitrogen and oxygen atoms in total. The minimum absolute atomic E-state index is 0.0196. The highest BCUT2D eigenvalue weighted by atomic mass is 79.9. The van der Waals surface area contributed by atoms with Gasteiger partial charge in [0.05, 0.1) is 22.8 Å². The number of piperidine rings is 1. The van der Waals surface area contributed by atoms with Gasteiger partial charge in [-0.05, 0) is 132 Å². The number of unbranched alkanes of at least 4 members (excludes halogenated alkanes) is 1. The van der Waals surface area contributed by atoms with E-state index in [0.29, 0.717) is 67.9 Å². The van der Waals surface area contributed by atoms with Crippen molar-refractivity contribution in [1.29, 1.82) is 0 Å². The lowest BCUT2D eigenvalue weighted by atomic mass is 10.0. The van der Waals surface area contributed by atoms with Crippen LogP contribution in [0.15, 0.2) is 63.5 Å². The number of hydrogen-bond donors (Lipinski definition) is 4. The Morgan fingerprint density at radius 2 is 1.82 bits per heavy atom. The van der Waals surface area contributed by atoms with Crippen LogP contribution in [-0.2, 0) is 12.8 Å². The van der Waals surface area contributed by atoms with E-state index in [2.05, 4.69) is 58.4 Å². The van der Waals surface area contributed by atoms with Crippen LogP contribution >= 0.6 is 31.9 Å². The van der Waals surface area contributed by atoms with Gasteiger partial charge in [-0.3, -0.25) is 4.79 Å². The van der Waals surface area contributed by atoms with Gasteiger partial charge in [-0.2, -0.15) is 0 Å². The molecule has 3 heterocycles. The van der Waals surface area contributed by atoms with Crippen LogP contribution in [0.1, 0.15) is 59.0 Å². The van der Waals surface area contributed by atoms with E-state index in [1.807, 2.05) is 66.4 Å². The number of nitrogens with two attached hydrogens (primary N) is 1. The highest BCUT2D eigenvalue weighted by Gasteiger charge is 2.32. The van der Waals surface area contributed by atoms with Crippen molar-refractivity contribution in [1.82, 2.24) is 30.0 Å². The Balaban J connectivity index is 1.15. The van der Waals surface area contributed by atoms with E-state index in [1.54, 1.807) is 12.5 Å². The van der Waals surface area contributed by atoms with Crippen LogP contribution < -0.4 is 16.4 Å². The van der Waals surface area contributed by atoms with E-state index >= 15 is 0 Å². The molecule has 0 unspecified atom stereocenters. The number of ketones is 1. The summed E-state index contributed by atoms with van der Waals surface area (Å²) in [6.07, 6.45) is 5.97. The summed E-state index contributed by atoms with van der Waals surface area (Å²) in [5, 5.41) is 6.30. The topological polar surface area (TPSA) is 140 Å². The highest BCUT2D eigenvalue weighted by molar-refractivity contribution is 9.11. The number of amides is 4. The van der Waals surface area contributed by atoms with Gasteiger partial charge in [-0.25, -0.2) is 14.6 Å². The molecule has 0 aliphatic carbocycles. The number of halogens is 2. The maximum absolute atomic E-state index is 13.8. The predicted molar refractivity (Wildman–Crippen MR) is 204 cm³/mol. The maximum Gasteiger partial charge on any atom is 0.322 e. The first-order valence-electron chi connectivity index (χ1n) is 17.0. The van der Waals surface area contributed by atoms with Crippen LogP contribution in [0.25, 0.3) is 11.0 Å². The number of urea groups is 2. The number of imidazole rings is 1. The molecule has 13 heteroatoms. The van der Waals surface area contributed by atoms with Gasteiger partial charge in [0, 0.05) is 58.7 Å². The molecule has 50 heavy (non-hydrogen) atoms. The first-order valence-corrected chi connectivity index (χ1v) is 18.6. The normalized spacial score (nSPS) is 15.9. The largest absolute Gasteiger partial charge is 0.397 e. The number of benzene rings is 3. The van der Waals surface area contributed by atoms with Crippen LogP contribution in [0.2, 0.25) is 0 Å². The van der Waals surface area contributed by atoms with Gasteiger partial charge >= 0.3 is 12.1 Å². The molecule has 4 amide bonds. The van der Waals surface area contributed by atoms with Crippen LogP contribution in [0, 0.1) is 6.42 Å². The molecule has 0 spiro atoms. The van der Waals surface area contributed by atoms with Crippen molar-refractivity contribution in [2.75, 3.05) is 51.3 Å². The van der Waals surface area contributed by atoms with Crippen molar-refractivity contribution in [2.45, 2.75) is 50.6 Å². The highest BCUT2D eigenvalue weighted by Crippen LogP contribution is 2.32. The Morgan fingerprint density at radius 3 is 2.56 bits per heavy atom. The SMILES string of the molecule is CN(C)CCC[CH]C(=O)c1ccc2nc([C@@H](Cc3cc(Br)c(N)c(Br)c3)NC(=O)N3CCC(N4CCc5ccccc5NC4=O)CC3)[nH]c2c1. The van der Waals surface area contributed by atoms with E-state index in [4.69, 9.17) is 10.7 Å². The van der Waals surface area contributed by atoms with Crippen molar-refractivity contribution in [3.05, 3.63) is 92.5 Å². The maximum atomic E-state index is 13.8. The molecule has 4 aromatic rings. The van der Waals surface area contributed by atoms with E-state index in [-0.39, 0.29) is 23.9 Å². The summed E-state index contributed by atoms with van der Waals surface area (Å²) in [6.45, 7) is 2.61. The summed E-state index contributed by atoms with van der Waals surface area (Å²) in [5.74, 6) is 0.571. The monoisotopic (exact) mass is 805 g/mol. The van der Waals surface area contributed by atoms with E-state index in [0.717, 1.165) is 50.7 Å². The lowest BCUT2D eigenvalue weighted by Crippen LogP contribution is -2.52. The van der Waals surface area contributed by atoms with E-state index in [1.165, 1.54) is 0 Å². The van der Waals surface area contributed by atoms with Crippen molar-refractivity contribution in [3.8, 4) is 0 Å². The standard InChI is InChI=1S/C37H43Br2N8O3/c1-45(2)15-6-5-9-33(48)25-10-11-30-31(22-25)42-35(41-30)32(21-23-19-27(38)34(40)28(39)20-23)44-36(49)46-16-13-26(14-17-46)47-18-12-24-7-3-4-8-29(24)43-37(47)50/h3-4,7-11,19-20,22,26,32H,5-6,12-18,21,40H2,1-2H3,(H,41,42)(H,43,50)(H,44,49)/t32-/m1/s1. The van der Waals surface area contributed by atoms with E-state index in [9.17, 15) is 14.4 Å². The average molecular weight is 808 g/mol. The number of likely N-dealkylation sites (tertiary alicyclic amines) is 1. The third-order valence-corrected chi connectivity index (χ3v) is 10.8. The zero-order valence-electron chi connectivity index (χ0n) is 28.3. The second kappa shape index (κ2) is 15.9. The number of fused-ring (bicyclic) bond motifs is 2. The Labute approximate surface area is 309 Å². The summed E-state index contributed by atoms with van der Waals surface area (Å²) in [6, 6.07) is 16.5. The van der Waals surface area contributed by atoms with Gasteiger partial charge < -0.3 is 36.1 Å². The molecule has 1 aromatic heterocycles. The molecular weight excluding hydrogens is 764 g/mol. The molecule has 6 rings (SSSR count). The van der Waals surface area contributed by atoms with Gasteiger partial charge in [-0.15, -0.1) is 0 Å². The number of nitrogen functional groups attached to an aromatic ring is 1. The molecular formula is C37H43Br2N8O3. The molecule has 1 fully saturated rings. The van der Waals surface area contributed by atoms with Gasteiger partial charge in [0.25, 0.3) is 0 Å². The smallest absolute Gasteiger partial charge is 0.322 e. The van der Waals surface area contributed by atoms with Crippen LogP contribution in [0.3, 0.4) is 0 Å². The molecule has 2 aliphatic rings. The van der Waals surface area contributed by atoms with Crippen LogP contribution in [-0.4, -0.2) is 88.8 Å². The first-order chi connectivity index (χ1) is 24.0. The molecule has 0 bridgehead atoms. The number of para-hydroxylation sites is 1. The summed E-state index contributed by atoms with van der Waals surface area (Å²) < 4.78 is 1.51.